The van der Waals surface area contributed by atoms with E-state index in [2.05, 4.69) is 11.5 Å². The molecule has 1 heterocycles. The van der Waals surface area contributed by atoms with Gasteiger partial charge in [-0.05, 0) is 24.6 Å². The number of benzene rings is 1. The molecule has 0 fully saturated rings. The average molecular weight is 382 g/mol. The summed E-state index contributed by atoms with van der Waals surface area (Å²) < 4.78 is 2.11. The zero-order valence-electron chi connectivity index (χ0n) is 11.1. The largest absolute Gasteiger partial charge is 1.00 e. The number of pyridine rings is 1. The van der Waals surface area contributed by atoms with Gasteiger partial charge in [0.25, 0.3) is 5.69 Å². The third kappa shape index (κ3) is 4.12. The number of rotatable bonds is 4. The predicted molar refractivity (Wildman–Crippen MR) is 74.3 cm³/mol. The van der Waals surface area contributed by atoms with Gasteiger partial charge in [0.05, 0.1) is 4.92 Å². The van der Waals surface area contributed by atoms with Crippen LogP contribution in [0.1, 0.15) is 18.2 Å². The van der Waals surface area contributed by atoms with Crippen molar-refractivity contribution in [3.05, 3.63) is 70.0 Å². The molecule has 2 rings (SSSR count). The maximum absolute atomic E-state index is 10.7. The molecular formula is C15H15IN2O2. The van der Waals surface area contributed by atoms with E-state index in [9.17, 15) is 10.1 Å². The van der Waals surface area contributed by atoms with Crippen LogP contribution in [0.25, 0.3) is 12.2 Å². The quantitative estimate of drug-likeness (QED) is 0.326. The molecular weight excluding hydrogens is 367 g/mol. The van der Waals surface area contributed by atoms with E-state index in [0.717, 1.165) is 17.8 Å². The number of aryl methyl sites for hydroxylation is 1. The number of hydrogen-bond acceptors (Lipinski definition) is 2. The van der Waals surface area contributed by atoms with Crippen LogP contribution in [0.5, 0.6) is 0 Å². The fourth-order valence-electron chi connectivity index (χ4n) is 1.85. The molecule has 0 saturated carbocycles. The van der Waals surface area contributed by atoms with Crippen molar-refractivity contribution in [1.29, 1.82) is 0 Å². The fraction of sp³-hybridized carbons (Fsp3) is 0.133. The Bertz CT molecular complexity index is 627. The van der Waals surface area contributed by atoms with E-state index < -0.39 is 0 Å². The minimum atomic E-state index is -0.383. The fourth-order valence-corrected chi connectivity index (χ4v) is 1.85. The molecule has 1 aromatic heterocycles. The zero-order valence-corrected chi connectivity index (χ0v) is 13.2. The molecule has 2 aromatic rings. The van der Waals surface area contributed by atoms with Crippen molar-refractivity contribution in [3.63, 3.8) is 0 Å². The lowest BCUT2D eigenvalue weighted by molar-refractivity contribution is -0.695. The topological polar surface area (TPSA) is 47.0 Å². The summed E-state index contributed by atoms with van der Waals surface area (Å²) in [5, 5.41) is 10.7. The van der Waals surface area contributed by atoms with Gasteiger partial charge in [-0.1, -0.05) is 12.1 Å². The lowest BCUT2D eigenvalue weighted by atomic mass is 10.1. The lowest BCUT2D eigenvalue weighted by Gasteiger charge is -1.97. The number of nitro benzene ring substituents is 1. The first-order valence-electron chi connectivity index (χ1n) is 6.11. The van der Waals surface area contributed by atoms with Gasteiger partial charge in [0.1, 0.15) is 6.54 Å². The summed E-state index contributed by atoms with van der Waals surface area (Å²) in [7, 11) is 0. The van der Waals surface area contributed by atoms with Crippen molar-refractivity contribution in [1.82, 2.24) is 0 Å². The van der Waals surface area contributed by atoms with Gasteiger partial charge in [-0.25, -0.2) is 0 Å². The summed E-state index contributed by atoms with van der Waals surface area (Å²) in [6, 6.07) is 12.6. The van der Waals surface area contributed by atoms with Gasteiger partial charge in [-0.2, -0.15) is 4.57 Å². The first-order chi connectivity index (χ1) is 9.20. The molecule has 104 valence electrons. The van der Waals surface area contributed by atoms with Crippen molar-refractivity contribution in [3.8, 4) is 0 Å². The van der Waals surface area contributed by atoms with Crippen LogP contribution in [0.4, 0.5) is 5.69 Å². The summed E-state index contributed by atoms with van der Waals surface area (Å²) in [5.74, 6) is 0. The van der Waals surface area contributed by atoms with Gasteiger partial charge in [-0.3, -0.25) is 10.1 Å². The number of non-ortho nitro benzene ring substituents is 1. The van der Waals surface area contributed by atoms with Crippen molar-refractivity contribution >= 4 is 17.8 Å². The van der Waals surface area contributed by atoms with Crippen LogP contribution in [0.15, 0.2) is 48.7 Å². The summed E-state index contributed by atoms with van der Waals surface area (Å²) >= 11 is 0. The van der Waals surface area contributed by atoms with Crippen LogP contribution in [-0.2, 0) is 6.54 Å². The number of hydrogen-bond donors (Lipinski definition) is 0. The Morgan fingerprint density at radius 1 is 1.20 bits per heavy atom. The number of nitrogens with zero attached hydrogens (tertiary/aromatic N) is 2. The van der Waals surface area contributed by atoms with Gasteiger partial charge in [0, 0.05) is 30.3 Å². The standard InChI is InChI=1S/C15H15N2O2.HI/c1-2-16-11-4-3-7-14(16)10-9-13-6-5-8-15(12-13)17(18)19;/h3-12H,2H2,1H3;1H/q+1;/p-1. The minimum absolute atomic E-state index is 0. The number of nitro groups is 1. The molecule has 0 spiro atoms. The molecule has 0 N–H and O–H groups in total. The van der Waals surface area contributed by atoms with Crippen molar-refractivity contribution < 1.29 is 33.5 Å². The van der Waals surface area contributed by atoms with E-state index in [1.54, 1.807) is 12.1 Å². The van der Waals surface area contributed by atoms with Crippen LogP contribution >= 0.6 is 0 Å². The Hall–Kier alpha value is -1.76. The molecule has 4 nitrogen and oxygen atoms in total. The first-order valence-corrected chi connectivity index (χ1v) is 6.11. The molecule has 0 unspecified atom stereocenters. The summed E-state index contributed by atoms with van der Waals surface area (Å²) in [6.07, 6.45) is 5.85. The van der Waals surface area contributed by atoms with E-state index in [4.69, 9.17) is 0 Å². The molecule has 5 heteroatoms. The van der Waals surface area contributed by atoms with E-state index >= 15 is 0 Å². The molecule has 20 heavy (non-hydrogen) atoms. The van der Waals surface area contributed by atoms with Crippen LogP contribution in [-0.4, -0.2) is 4.92 Å². The molecule has 0 aliphatic carbocycles. The van der Waals surface area contributed by atoms with Gasteiger partial charge in [0.2, 0.25) is 5.69 Å². The third-order valence-electron chi connectivity index (χ3n) is 2.84. The minimum Gasteiger partial charge on any atom is -1.00 e. The highest BCUT2D eigenvalue weighted by atomic mass is 127. The molecule has 0 bridgehead atoms. The van der Waals surface area contributed by atoms with E-state index in [1.165, 1.54) is 6.07 Å². The van der Waals surface area contributed by atoms with E-state index in [-0.39, 0.29) is 34.6 Å². The predicted octanol–water partition coefficient (Wildman–Crippen LogP) is 0.0766. The van der Waals surface area contributed by atoms with Crippen molar-refractivity contribution in [2.75, 3.05) is 0 Å². The first kappa shape index (κ1) is 16.3. The second-order valence-corrected chi connectivity index (χ2v) is 4.10. The summed E-state index contributed by atoms with van der Waals surface area (Å²) in [6.45, 7) is 2.96. The van der Waals surface area contributed by atoms with Crippen molar-refractivity contribution in [2.24, 2.45) is 0 Å². The summed E-state index contributed by atoms with van der Waals surface area (Å²) in [4.78, 5) is 10.3. The Kier molecular flexibility index (Phi) is 6.30. The average Bonchev–Trinajstić information content (AvgIpc) is 2.45. The third-order valence-corrected chi connectivity index (χ3v) is 2.84. The lowest BCUT2D eigenvalue weighted by Crippen LogP contribution is -3.00. The van der Waals surface area contributed by atoms with Crippen LogP contribution in [0.3, 0.4) is 0 Å². The van der Waals surface area contributed by atoms with Gasteiger partial charge < -0.3 is 24.0 Å². The normalized spacial score (nSPS) is 10.2. The van der Waals surface area contributed by atoms with Gasteiger partial charge in [-0.15, -0.1) is 0 Å². The maximum Gasteiger partial charge on any atom is 0.270 e. The van der Waals surface area contributed by atoms with E-state index in [1.807, 2.05) is 42.6 Å². The highest BCUT2D eigenvalue weighted by Crippen LogP contribution is 2.14. The van der Waals surface area contributed by atoms with Crippen LogP contribution < -0.4 is 28.5 Å². The van der Waals surface area contributed by atoms with Gasteiger partial charge in [0.15, 0.2) is 6.20 Å². The highest BCUT2D eigenvalue weighted by molar-refractivity contribution is 5.68. The zero-order chi connectivity index (χ0) is 13.7. The molecule has 1 aromatic carbocycles. The number of halogens is 1. The second-order valence-electron chi connectivity index (χ2n) is 4.10. The van der Waals surface area contributed by atoms with Gasteiger partial charge >= 0.3 is 0 Å². The maximum atomic E-state index is 10.7. The van der Waals surface area contributed by atoms with Crippen molar-refractivity contribution in [2.45, 2.75) is 13.5 Å². The molecule has 0 saturated heterocycles. The monoisotopic (exact) mass is 382 g/mol. The smallest absolute Gasteiger partial charge is 0.270 e. The van der Waals surface area contributed by atoms with Crippen LogP contribution in [0, 0.1) is 10.1 Å². The molecule has 0 atom stereocenters. The SMILES string of the molecule is CC[n+]1ccccc1C=Cc1cccc([N+](=O)[O-])c1.[I-]. The Balaban J connectivity index is 0.00000200. The van der Waals surface area contributed by atoms with Crippen LogP contribution in [0.2, 0.25) is 0 Å². The Morgan fingerprint density at radius 2 is 2.00 bits per heavy atom. The Morgan fingerprint density at radius 3 is 2.70 bits per heavy atom. The second kappa shape index (κ2) is 7.74. The Labute approximate surface area is 134 Å². The molecule has 0 amide bonds. The van der Waals surface area contributed by atoms with E-state index in [0.29, 0.717) is 0 Å². The highest BCUT2D eigenvalue weighted by Gasteiger charge is 2.05. The molecule has 0 radical (unpaired) electrons. The summed E-state index contributed by atoms with van der Waals surface area (Å²) in [5.41, 5.74) is 2.00. The number of aromatic nitrogens is 1. The molecule has 0 aliphatic heterocycles. The molecule has 0 aliphatic rings.